The summed E-state index contributed by atoms with van der Waals surface area (Å²) in [5.41, 5.74) is 0.370. The molecule has 0 radical (unpaired) electrons. The minimum atomic E-state index is -3.59. The van der Waals surface area contributed by atoms with Crippen LogP contribution in [-0.2, 0) is 16.6 Å². The van der Waals surface area contributed by atoms with Gasteiger partial charge in [0.05, 0.1) is 4.90 Å². The molecule has 0 aromatic heterocycles. The summed E-state index contributed by atoms with van der Waals surface area (Å²) in [5.74, 6) is -0.390. The number of sulfonamides is 1. The summed E-state index contributed by atoms with van der Waals surface area (Å²) >= 11 is 0. The number of rotatable bonds is 8. The Hall–Kier alpha value is -0.980. The molecule has 4 nitrogen and oxygen atoms in total. The molecular formula is C15H25FN2O2S. The lowest BCUT2D eigenvalue weighted by Crippen LogP contribution is -2.35. The highest BCUT2D eigenvalue weighted by molar-refractivity contribution is 7.89. The van der Waals surface area contributed by atoms with Crippen LogP contribution in [-0.4, -0.2) is 32.4 Å². The van der Waals surface area contributed by atoms with Gasteiger partial charge in [0.2, 0.25) is 10.0 Å². The fourth-order valence-corrected chi connectivity index (χ4v) is 3.55. The lowest BCUT2D eigenvalue weighted by molar-refractivity contribution is 0.368. The van der Waals surface area contributed by atoms with E-state index in [1.807, 2.05) is 20.8 Å². The second kappa shape index (κ2) is 7.87. The highest BCUT2D eigenvalue weighted by Gasteiger charge is 2.25. The zero-order valence-electron chi connectivity index (χ0n) is 13.2. The summed E-state index contributed by atoms with van der Waals surface area (Å²) in [6.45, 7) is 6.83. The summed E-state index contributed by atoms with van der Waals surface area (Å²) < 4.78 is 40.2. The van der Waals surface area contributed by atoms with Crippen molar-refractivity contribution in [2.24, 2.45) is 0 Å². The molecule has 0 spiro atoms. The van der Waals surface area contributed by atoms with Gasteiger partial charge < -0.3 is 5.32 Å². The molecule has 0 aliphatic rings. The van der Waals surface area contributed by atoms with Crippen molar-refractivity contribution in [3.05, 3.63) is 29.6 Å². The first kappa shape index (κ1) is 18.1. The van der Waals surface area contributed by atoms with Gasteiger partial charge in [-0.25, -0.2) is 12.8 Å². The summed E-state index contributed by atoms with van der Waals surface area (Å²) in [7, 11) is -2.01. The van der Waals surface area contributed by atoms with Crippen molar-refractivity contribution in [3.63, 3.8) is 0 Å². The van der Waals surface area contributed by atoms with Gasteiger partial charge >= 0.3 is 0 Å². The van der Waals surface area contributed by atoms with Crippen molar-refractivity contribution in [2.75, 3.05) is 13.6 Å². The molecule has 1 unspecified atom stereocenters. The van der Waals surface area contributed by atoms with Gasteiger partial charge in [0.15, 0.2) is 0 Å². The normalized spacial score (nSPS) is 13.6. The first-order valence-corrected chi connectivity index (χ1v) is 8.75. The Morgan fingerprint density at radius 2 is 2.00 bits per heavy atom. The van der Waals surface area contributed by atoms with Crippen LogP contribution in [0.1, 0.15) is 39.2 Å². The minimum absolute atomic E-state index is 0.0812. The fraction of sp³-hybridized carbons (Fsp3) is 0.600. The van der Waals surface area contributed by atoms with Gasteiger partial charge in [0.25, 0.3) is 0 Å². The molecule has 1 N–H and O–H groups in total. The molecule has 0 fully saturated rings. The molecule has 0 bridgehead atoms. The van der Waals surface area contributed by atoms with E-state index in [0.717, 1.165) is 12.8 Å². The third-order valence-electron chi connectivity index (χ3n) is 3.59. The molecule has 0 heterocycles. The molecule has 0 saturated heterocycles. The minimum Gasteiger partial charge on any atom is -0.313 e. The Bertz CT molecular complexity index is 561. The van der Waals surface area contributed by atoms with Gasteiger partial charge in [-0.1, -0.05) is 20.3 Å². The van der Waals surface area contributed by atoms with Gasteiger partial charge in [-0.3, -0.25) is 0 Å². The Balaban J connectivity index is 3.08. The number of nitrogens with one attached hydrogen (secondary N) is 1. The van der Waals surface area contributed by atoms with Crippen molar-refractivity contribution in [2.45, 2.75) is 51.1 Å². The Kier molecular flexibility index (Phi) is 6.77. The van der Waals surface area contributed by atoms with E-state index >= 15 is 0 Å². The molecule has 0 amide bonds. The Labute approximate surface area is 127 Å². The van der Waals surface area contributed by atoms with E-state index in [1.54, 1.807) is 7.05 Å². The zero-order chi connectivity index (χ0) is 16.0. The first-order valence-electron chi connectivity index (χ1n) is 7.31. The number of halogens is 1. The van der Waals surface area contributed by atoms with Crippen LogP contribution in [0, 0.1) is 5.82 Å². The van der Waals surface area contributed by atoms with Gasteiger partial charge in [-0.15, -0.1) is 0 Å². The van der Waals surface area contributed by atoms with E-state index < -0.39 is 10.0 Å². The predicted octanol–water partition coefficient (Wildman–Crippen LogP) is 2.74. The molecule has 1 aromatic carbocycles. The molecule has 120 valence electrons. The van der Waals surface area contributed by atoms with E-state index in [2.05, 4.69) is 5.32 Å². The van der Waals surface area contributed by atoms with Crippen LogP contribution >= 0.6 is 0 Å². The summed E-state index contributed by atoms with van der Waals surface area (Å²) in [6, 6.07) is 3.89. The van der Waals surface area contributed by atoms with Crippen LogP contribution < -0.4 is 5.32 Å². The standard InChI is InChI=1S/C15H25FN2O2S/c1-5-7-12(3)18(4)21(19,20)14-8-9-15(16)13(10-14)11-17-6-2/h8-10,12,17H,5-7,11H2,1-4H3. The average molecular weight is 316 g/mol. The van der Waals surface area contributed by atoms with Crippen molar-refractivity contribution in [3.8, 4) is 0 Å². The molecule has 1 aromatic rings. The average Bonchev–Trinajstić information content (AvgIpc) is 2.45. The molecule has 0 aliphatic heterocycles. The second-order valence-corrected chi connectivity index (χ2v) is 7.19. The van der Waals surface area contributed by atoms with Crippen LogP contribution in [0.4, 0.5) is 4.39 Å². The van der Waals surface area contributed by atoms with Gasteiger partial charge in [0.1, 0.15) is 5.82 Å². The van der Waals surface area contributed by atoms with E-state index in [0.29, 0.717) is 18.7 Å². The predicted molar refractivity (Wildman–Crippen MR) is 83.1 cm³/mol. The Morgan fingerprint density at radius 3 is 2.57 bits per heavy atom. The molecular weight excluding hydrogens is 291 g/mol. The number of nitrogens with zero attached hydrogens (tertiary/aromatic N) is 1. The first-order chi connectivity index (χ1) is 9.84. The van der Waals surface area contributed by atoms with E-state index in [4.69, 9.17) is 0 Å². The molecule has 6 heteroatoms. The number of hydrogen-bond donors (Lipinski definition) is 1. The topological polar surface area (TPSA) is 49.4 Å². The lowest BCUT2D eigenvalue weighted by Gasteiger charge is -2.24. The van der Waals surface area contributed by atoms with Crippen LogP contribution in [0.5, 0.6) is 0 Å². The largest absolute Gasteiger partial charge is 0.313 e. The number of benzene rings is 1. The van der Waals surface area contributed by atoms with Gasteiger partial charge in [-0.05, 0) is 38.1 Å². The van der Waals surface area contributed by atoms with Crippen LogP contribution in [0.2, 0.25) is 0 Å². The summed E-state index contributed by atoms with van der Waals surface area (Å²) in [6.07, 6.45) is 1.71. The van der Waals surface area contributed by atoms with Gasteiger partial charge in [0, 0.05) is 25.2 Å². The van der Waals surface area contributed by atoms with E-state index in [1.165, 1.54) is 22.5 Å². The summed E-state index contributed by atoms with van der Waals surface area (Å²) in [4.78, 5) is 0.141. The maximum atomic E-state index is 13.7. The number of hydrogen-bond acceptors (Lipinski definition) is 3. The van der Waals surface area contributed by atoms with Crippen LogP contribution in [0.3, 0.4) is 0 Å². The third-order valence-corrected chi connectivity index (χ3v) is 5.55. The SMILES string of the molecule is CCCC(C)N(C)S(=O)(=O)c1ccc(F)c(CNCC)c1. The summed E-state index contributed by atoms with van der Waals surface area (Å²) in [5, 5.41) is 3.01. The second-order valence-electron chi connectivity index (χ2n) is 5.19. The van der Waals surface area contributed by atoms with Crippen molar-refractivity contribution < 1.29 is 12.8 Å². The van der Waals surface area contributed by atoms with E-state index in [-0.39, 0.29) is 16.8 Å². The van der Waals surface area contributed by atoms with Crippen LogP contribution in [0.25, 0.3) is 0 Å². The third kappa shape index (κ3) is 4.49. The smallest absolute Gasteiger partial charge is 0.243 e. The van der Waals surface area contributed by atoms with Gasteiger partial charge in [-0.2, -0.15) is 4.31 Å². The molecule has 0 saturated carbocycles. The Morgan fingerprint density at radius 1 is 1.33 bits per heavy atom. The molecule has 21 heavy (non-hydrogen) atoms. The zero-order valence-corrected chi connectivity index (χ0v) is 14.0. The maximum absolute atomic E-state index is 13.7. The monoisotopic (exact) mass is 316 g/mol. The van der Waals surface area contributed by atoms with Crippen molar-refractivity contribution >= 4 is 10.0 Å². The highest BCUT2D eigenvalue weighted by Crippen LogP contribution is 2.21. The molecule has 0 aliphatic carbocycles. The maximum Gasteiger partial charge on any atom is 0.243 e. The lowest BCUT2D eigenvalue weighted by atomic mass is 10.2. The van der Waals surface area contributed by atoms with Crippen LogP contribution in [0.15, 0.2) is 23.1 Å². The fourth-order valence-electron chi connectivity index (χ4n) is 2.11. The quantitative estimate of drug-likeness (QED) is 0.802. The van der Waals surface area contributed by atoms with E-state index in [9.17, 15) is 12.8 Å². The molecule has 1 rings (SSSR count). The van der Waals surface area contributed by atoms with Crippen molar-refractivity contribution in [1.82, 2.24) is 9.62 Å². The molecule has 1 atom stereocenters. The van der Waals surface area contributed by atoms with Crippen molar-refractivity contribution in [1.29, 1.82) is 0 Å². The highest BCUT2D eigenvalue weighted by atomic mass is 32.2.